The van der Waals surface area contributed by atoms with Gasteiger partial charge in [-0.15, -0.1) is 0 Å². The van der Waals surface area contributed by atoms with Gasteiger partial charge in [-0.1, -0.05) is 0 Å². The van der Waals surface area contributed by atoms with E-state index in [1.807, 2.05) is 0 Å². The number of aliphatic hydroxyl groups is 1. The van der Waals surface area contributed by atoms with Crippen LogP contribution in [0.5, 0.6) is 0 Å². The van der Waals surface area contributed by atoms with Crippen LogP contribution < -0.4 is 10.9 Å². The van der Waals surface area contributed by atoms with Crippen molar-refractivity contribution < 1.29 is 9.90 Å². The normalized spacial score (nSPS) is 14.2. The molecule has 0 aliphatic heterocycles. The number of hydrogen-bond donors (Lipinski definition) is 3. The Balaban J connectivity index is 2.66. The van der Waals surface area contributed by atoms with Crippen molar-refractivity contribution in [2.45, 2.75) is 32.4 Å². The average molecular weight is 224 g/mol. The second-order valence-electron chi connectivity index (χ2n) is 3.87. The van der Waals surface area contributed by atoms with Crippen LogP contribution >= 0.6 is 0 Å². The second-order valence-corrected chi connectivity index (χ2v) is 3.87. The summed E-state index contributed by atoms with van der Waals surface area (Å²) in [5.74, 6) is -0.421. The number of pyridine rings is 1. The van der Waals surface area contributed by atoms with E-state index in [1.165, 1.54) is 12.3 Å². The Kier molecular flexibility index (Phi) is 4.25. The summed E-state index contributed by atoms with van der Waals surface area (Å²) in [7, 11) is 0. The lowest BCUT2D eigenvalue weighted by atomic mass is 10.1. The zero-order valence-corrected chi connectivity index (χ0v) is 9.36. The van der Waals surface area contributed by atoms with Crippen LogP contribution in [0.15, 0.2) is 23.1 Å². The highest BCUT2D eigenvalue weighted by Crippen LogP contribution is 1.98. The van der Waals surface area contributed by atoms with Gasteiger partial charge in [0, 0.05) is 12.2 Å². The van der Waals surface area contributed by atoms with E-state index < -0.39 is 17.6 Å². The summed E-state index contributed by atoms with van der Waals surface area (Å²) in [5.41, 5.74) is -0.329. The molecule has 0 radical (unpaired) electrons. The Morgan fingerprint density at radius 2 is 2.25 bits per heavy atom. The molecule has 1 aromatic rings. The quantitative estimate of drug-likeness (QED) is 0.686. The maximum atomic E-state index is 11.6. The van der Waals surface area contributed by atoms with Gasteiger partial charge in [-0.2, -0.15) is 0 Å². The Bertz CT molecular complexity index is 412. The molecule has 1 heterocycles. The summed E-state index contributed by atoms with van der Waals surface area (Å²) >= 11 is 0. The molecule has 88 valence electrons. The molecule has 2 unspecified atom stereocenters. The van der Waals surface area contributed by atoms with Crippen molar-refractivity contribution in [1.82, 2.24) is 10.3 Å². The van der Waals surface area contributed by atoms with Crippen LogP contribution in [0, 0.1) is 0 Å². The minimum atomic E-state index is -0.482. The third kappa shape index (κ3) is 3.51. The topological polar surface area (TPSA) is 82.2 Å². The van der Waals surface area contributed by atoms with Gasteiger partial charge < -0.3 is 15.4 Å². The molecule has 3 N–H and O–H groups in total. The van der Waals surface area contributed by atoms with E-state index in [1.54, 1.807) is 19.9 Å². The van der Waals surface area contributed by atoms with E-state index in [0.717, 1.165) is 0 Å². The van der Waals surface area contributed by atoms with Crippen LogP contribution in [-0.4, -0.2) is 28.1 Å². The van der Waals surface area contributed by atoms with Crippen molar-refractivity contribution in [3.05, 3.63) is 34.2 Å². The lowest BCUT2D eigenvalue weighted by Crippen LogP contribution is -2.37. The van der Waals surface area contributed by atoms with Crippen LogP contribution in [0.2, 0.25) is 0 Å². The molecule has 1 aromatic heterocycles. The maximum Gasteiger partial charge on any atom is 0.260 e. The molecule has 0 bridgehead atoms. The van der Waals surface area contributed by atoms with Gasteiger partial charge in [0.2, 0.25) is 0 Å². The van der Waals surface area contributed by atoms with Gasteiger partial charge in [0.25, 0.3) is 11.5 Å². The zero-order valence-electron chi connectivity index (χ0n) is 9.36. The van der Waals surface area contributed by atoms with Crippen molar-refractivity contribution >= 4 is 5.91 Å². The van der Waals surface area contributed by atoms with E-state index >= 15 is 0 Å². The molecule has 0 aliphatic rings. The summed E-state index contributed by atoms with van der Waals surface area (Å²) in [5, 5.41) is 11.8. The van der Waals surface area contributed by atoms with E-state index in [0.29, 0.717) is 6.42 Å². The highest BCUT2D eigenvalue weighted by Gasteiger charge is 2.13. The number of aromatic nitrogens is 1. The number of amides is 1. The molecule has 1 rings (SSSR count). The summed E-state index contributed by atoms with van der Waals surface area (Å²) in [6.45, 7) is 3.43. The number of H-pyrrole nitrogens is 1. The first-order valence-electron chi connectivity index (χ1n) is 5.17. The monoisotopic (exact) mass is 224 g/mol. The molecule has 0 aliphatic carbocycles. The molecule has 0 spiro atoms. The first kappa shape index (κ1) is 12.4. The lowest BCUT2D eigenvalue weighted by molar-refractivity contribution is 0.0921. The summed E-state index contributed by atoms with van der Waals surface area (Å²) in [4.78, 5) is 25.4. The van der Waals surface area contributed by atoms with Crippen molar-refractivity contribution in [3.8, 4) is 0 Å². The number of aromatic amines is 1. The Labute approximate surface area is 93.5 Å². The third-order valence-electron chi connectivity index (χ3n) is 2.13. The molecule has 0 aromatic carbocycles. The first-order valence-corrected chi connectivity index (χ1v) is 5.17. The van der Waals surface area contributed by atoms with Gasteiger partial charge in [0.15, 0.2) is 0 Å². The molecule has 2 atom stereocenters. The fourth-order valence-electron chi connectivity index (χ4n) is 1.47. The number of nitrogens with one attached hydrogen (secondary N) is 2. The molecule has 5 nitrogen and oxygen atoms in total. The second kappa shape index (κ2) is 5.46. The first-order chi connectivity index (χ1) is 7.50. The standard InChI is InChI=1S/C11H16N2O3/c1-7(6-8(2)14)13-11(16)9-4-3-5-12-10(9)15/h3-5,7-8,14H,6H2,1-2H3,(H,12,15)(H,13,16). The zero-order chi connectivity index (χ0) is 12.1. The van der Waals surface area contributed by atoms with Gasteiger partial charge in [-0.25, -0.2) is 0 Å². The molecule has 0 fully saturated rings. The Hall–Kier alpha value is -1.62. The van der Waals surface area contributed by atoms with Crippen LogP contribution in [-0.2, 0) is 0 Å². The number of aliphatic hydroxyl groups excluding tert-OH is 1. The molecule has 1 amide bonds. The number of hydrogen-bond acceptors (Lipinski definition) is 3. The fraction of sp³-hybridized carbons (Fsp3) is 0.455. The number of rotatable bonds is 4. The van der Waals surface area contributed by atoms with E-state index in [2.05, 4.69) is 10.3 Å². The van der Waals surface area contributed by atoms with Crippen LogP contribution in [0.4, 0.5) is 0 Å². The molecule has 5 heteroatoms. The van der Waals surface area contributed by atoms with Gasteiger partial charge in [0.05, 0.1) is 6.10 Å². The molecule has 0 saturated carbocycles. The van der Waals surface area contributed by atoms with Gasteiger partial charge in [-0.3, -0.25) is 9.59 Å². The summed E-state index contributed by atoms with van der Waals surface area (Å²) in [6, 6.07) is 2.88. The van der Waals surface area contributed by atoms with Crippen molar-refractivity contribution in [3.63, 3.8) is 0 Å². The third-order valence-corrected chi connectivity index (χ3v) is 2.13. The maximum absolute atomic E-state index is 11.6. The lowest BCUT2D eigenvalue weighted by Gasteiger charge is -2.14. The van der Waals surface area contributed by atoms with Crippen LogP contribution in [0.25, 0.3) is 0 Å². The molecular weight excluding hydrogens is 208 g/mol. The minimum absolute atomic E-state index is 0.0833. The van der Waals surface area contributed by atoms with Crippen LogP contribution in [0.3, 0.4) is 0 Å². The SMILES string of the molecule is CC(O)CC(C)NC(=O)c1ccc[nH]c1=O. The van der Waals surface area contributed by atoms with Gasteiger partial charge in [0.1, 0.15) is 5.56 Å². The molecule has 16 heavy (non-hydrogen) atoms. The van der Waals surface area contributed by atoms with Gasteiger partial charge in [-0.05, 0) is 32.4 Å². The van der Waals surface area contributed by atoms with Crippen molar-refractivity contribution in [2.24, 2.45) is 0 Å². The predicted molar refractivity (Wildman–Crippen MR) is 60.3 cm³/mol. The van der Waals surface area contributed by atoms with Crippen LogP contribution in [0.1, 0.15) is 30.6 Å². The Morgan fingerprint density at radius 1 is 1.56 bits per heavy atom. The average Bonchev–Trinajstić information content (AvgIpc) is 2.16. The van der Waals surface area contributed by atoms with E-state index in [9.17, 15) is 9.59 Å². The Morgan fingerprint density at radius 3 is 2.81 bits per heavy atom. The largest absolute Gasteiger partial charge is 0.393 e. The molecular formula is C11H16N2O3. The number of carbonyl (C=O) groups excluding carboxylic acids is 1. The highest BCUT2D eigenvalue weighted by molar-refractivity contribution is 5.93. The number of carbonyl (C=O) groups is 1. The smallest absolute Gasteiger partial charge is 0.260 e. The van der Waals surface area contributed by atoms with Crippen molar-refractivity contribution in [1.29, 1.82) is 0 Å². The summed E-state index contributed by atoms with van der Waals surface area (Å²) < 4.78 is 0. The fourth-order valence-corrected chi connectivity index (χ4v) is 1.47. The van der Waals surface area contributed by atoms with Crippen molar-refractivity contribution in [2.75, 3.05) is 0 Å². The summed E-state index contributed by atoms with van der Waals surface area (Å²) in [6.07, 6.45) is 1.44. The van der Waals surface area contributed by atoms with Gasteiger partial charge >= 0.3 is 0 Å². The minimum Gasteiger partial charge on any atom is -0.393 e. The predicted octanol–water partition coefficient (Wildman–Crippen LogP) is 0.264. The molecule has 0 saturated heterocycles. The van der Waals surface area contributed by atoms with E-state index in [4.69, 9.17) is 5.11 Å². The highest BCUT2D eigenvalue weighted by atomic mass is 16.3. The van der Waals surface area contributed by atoms with E-state index in [-0.39, 0.29) is 11.6 Å².